The Morgan fingerprint density at radius 1 is 0.574 bits per heavy atom. The Bertz CT molecular complexity index is 1930. The largest absolute Gasteiger partial charge is 0.479 e. The zero-order valence-corrected chi connectivity index (χ0v) is 31.4. The van der Waals surface area contributed by atoms with Crippen molar-refractivity contribution < 1.29 is 4.74 Å². The molecule has 0 aliphatic heterocycles. The van der Waals surface area contributed by atoms with Crippen LogP contribution >= 0.6 is 23.4 Å². The molecule has 15 heteroatoms. The van der Waals surface area contributed by atoms with Gasteiger partial charge in [-0.1, -0.05) is 73.9 Å². The average Bonchev–Trinajstić information content (AvgIpc) is 3.68. The van der Waals surface area contributed by atoms with Crippen LogP contribution in [0.4, 0.5) is 0 Å². The first-order chi connectivity index (χ1) is 21.8. The first-order valence-corrected chi connectivity index (χ1v) is 16.7. The Morgan fingerprint density at radius 2 is 0.957 bits per heavy atom. The van der Waals surface area contributed by atoms with E-state index in [-0.39, 0.29) is 16.2 Å². The third kappa shape index (κ3) is 7.81. The van der Waals surface area contributed by atoms with Crippen LogP contribution in [-0.4, -0.2) is 71.9 Å². The Hall–Kier alpha value is -3.91. The van der Waals surface area contributed by atoms with E-state index in [4.69, 9.17) is 16.3 Å². The van der Waals surface area contributed by atoms with Gasteiger partial charge in [-0.05, 0) is 6.26 Å². The van der Waals surface area contributed by atoms with Gasteiger partial charge in [0, 0.05) is 37.4 Å². The summed E-state index contributed by atoms with van der Waals surface area (Å²) in [4.78, 5) is 39.5. The van der Waals surface area contributed by atoms with Gasteiger partial charge in [0.25, 0.3) is 0 Å². The Labute approximate surface area is 285 Å². The lowest BCUT2D eigenvalue weighted by molar-refractivity contribution is 0.394. The zero-order chi connectivity index (χ0) is 35.1. The molecule has 0 spiro atoms. The summed E-state index contributed by atoms with van der Waals surface area (Å²) in [5.41, 5.74) is 4.49. The van der Waals surface area contributed by atoms with E-state index in [9.17, 15) is 0 Å². The monoisotopic (exact) mass is 680 g/mol. The van der Waals surface area contributed by atoms with Crippen LogP contribution in [0.3, 0.4) is 0 Å². The van der Waals surface area contributed by atoms with E-state index in [0.29, 0.717) is 22.1 Å². The maximum atomic E-state index is 6.05. The summed E-state index contributed by atoms with van der Waals surface area (Å²) in [6.07, 6.45) is 7.21. The molecule has 0 aliphatic rings. The summed E-state index contributed by atoms with van der Waals surface area (Å²) < 4.78 is 10.9. The van der Waals surface area contributed by atoms with Crippen LogP contribution in [0.5, 0.6) is 5.88 Å². The fraction of sp³-hybridized carbons (Fsp3) is 0.531. The van der Waals surface area contributed by atoms with E-state index in [2.05, 4.69) is 107 Å². The molecule has 0 fully saturated rings. The van der Waals surface area contributed by atoms with Crippen LogP contribution < -0.4 is 4.74 Å². The molecule has 252 valence electrons. The van der Waals surface area contributed by atoms with Crippen LogP contribution in [0.15, 0.2) is 24.0 Å². The topological polar surface area (TPSA) is 140 Å². The minimum absolute atomic E-state index is 0.0388. The summed E-state index contributed by atoms with van der Waals surface area (Å²) in [6.45, 7) is 18.7. The Kier molecular flexibility index (Phi) is 10.2. The van der Waals surface area contributed by atoms with Crippen LogP contribution in [0.2, 0.25) is 5.15 Å². The molecular formula is C32H45ClN12OS. The third-order valence-corrected chi connectivity index (χ3v) is 7.91. The Balaban J connectivity index is 0.000000160. The molecule has 0 aromatic carbocycles. The molecule has 47 heavy (non-hydrogen) atoms. The van der Waals surface area contributed by atoms with Crippen molar-refractivity contribution in [2.24, 2.45) is 21.1 Å². The smallest absolute Gasteiger partial charge is 0.245 e. The SMILES string of the molecule is COc1nc(C(C)(C)C)nc2c1ncn2C.CSc1nc(C(C)(C)C)nc2c1ncn2C.Cn1cnc2c(Cl)nc(C(C)(C)C)nc21. The molecule has 0 saturated carbocycles. The summed E-state index contributed by atoms with van der Waals surface area (Å²) in [5, 5.41) is 1.38. The second-order valence-electron chi connectivity index (χ2n) is 14.3. The molecule has 13 nitrogen and oxygen atoms in total. The number of fused-ring (bicyclic) bond motifs is 3. The molecule has 6 rings (SSSR count). The van der Waals surface area contributed by atoms with E-state index >= 15 is 0 Å². The first kappa shape index (κ1) is 35.9. The number of ether oxygens (including phenoxy) is 1. The predicted molar refractivity (Wildman–Crippen MR) is 188 cm³/mol. The number of hydrogen-bond donors (Lipinski definition) is 0. The van der Waals surface area contributed by atoms with Crippen molar-refractivity contribution in [3.63, 3.8) is 0 Å². The summed E-state index contributed by atoms with van der Waals surface area (Å²) in [6, 6.07) is 0. The quantitative estimate of drug-likeness (QED) is 0.149. The van der Waals surface area contributed by atoms with Gasteiger partial charge in [0.2, 0.25) is 5.88 Å². The minimum Gasteiger partial charge on any atom is -0.479 e. The van der Waals surface area contributed by atoms with E-state index < -0.39 is 0 Å². The molecule has 6 heterocycles. The van der Waals surface area contributed by atoms with Gasteiger partial charge in [-0.15, -0.1) is 11.8 Å². The van der Waals surface area contributed by atoms with E-state index in [1.807, 2.05) is 41.1 Å². The second-order valence-corrected chi connectivity index (χ2v) is 15.4. The van der Waals surface area contributed by atoms with Gasteiger partial charge in [0.15, 0.2) is 27.6 Å². The standard InChI is InChI=1S/C11H16N4O.C11H16N4S.C10H13ClN4/c2*1-11(2,3)10-13-8-7(9(14-10)16-5)12-6-15(8)4;1-10(2,3)9-13-7(11)6-8(14-9)15(4)5-12-6/h2*6H,1-5H3;5H,1-4H3. The summed E-state index contributed by atoms with van der Waals surface area (Å²) in [5.74, 6) is 2.91. The van der Waals surface area contributed by atoms with Crippen molar-refractivity contribution in [2.75, 3.05) is 13.4 Å². The number of thioether (sulfide) groups is 1. The van der Waals surface area contributed by atoms with E-state index in [1.165, 1.54) is 0 Å². The molecule has 6 aromatic heterocycles. The number of aryl methyl sites for hydroxylation is 3. The van der Waals surface area contributed by atoms with Gasteiger partial charge >= 0.3 is 0 Å². The van der Waals surface area contributed by atoms with Crippen LogP contribution in [-0.2, 0) is 37.4 Å². The second kappa shape index (κ2) is 13.3. The molecule has 0 atom stereocenters. The van der Waals surface area contributed by atoms with E-state index in [0.717, 1.165) is 45.0 Å². The number of imidazole rings is 3. The van der Waals surface area contributed by atoms with Crippen molar-refractivity contribution in [2.45, 2.75) is 83.6 Å². The first-order valence-electron chi connectivity index (χ1n) is 15.1. The molecular weight excluding hydrogens is 636 g/mol. The highest BCUT2D eigenvalue weighted by atomic mass is 35.5. The number of nitrogens with zero attached hydrogens (tertiary/aromatic N) is 12. The highest BCUT2D eigenvalue weighted by Crippen LogP contribution is 2.28. The van der Waals surface area contributed by atoms with Gasteiger partial charge in [0.05, 0.1) is 26.1 Å². The maximum Gasteiger partial charge on any atom is 0.245 e. The van der Waals surface area contributed by atoms with Gasteiger partial charge in [0.1, 0.15) is 33.5 Å². The van der Waals surface area contributed by atoms with Crippen molar-refractivity contribution in [3.8, 4) is 5.88 Å². The number of methoxy groups -OCH3 is 1. The molecule has 0 aliphatic carbocycles. The predicted octanol–water partition coefficient (Wildman–Crippen LogP) is 6.37. The minimum atomic E-state index is -0.109. The van der Waals surface area contributed by atoms with Gasteiger partial charge < -0.3 is 18.4 Å². The van der Waals surface area contributed by atoms with Crippen molar-refractivity contribution in [1.82, 2.24) is 58.6 Å². The van der Waals surface area contributed by atoms with E-state index in [1.54, 1.807) is 37.9 Å². The zero-order valence-electron chi connectivity index (χ0n) is 29.8. The molecule has 0 radical (unpaired) electrons. The lowest BCUT2D eigenvalue weighted by Crippen LogP contribution is -2.17. The number of rotatable bonds is 2. The number of halogens is 1. The third-order valence-electron chi connectivity index (χ3n) is 6.97. The highest BCUT2D eigenvalue weighted by Gasteiger charge is 2.23. The number of aromatic nitrogens is 12. The van der Waals surface area contributed by atoms with Gasteiger partial charge in [-0.25, -0.2) is 39.9 Å². The molecule has 0 saturated heterocycles. The summed E-state index contributed by atoms with van der Waals surface area (Å²) >= 11 is 7.67. The lowest BCUT2D eigenvalue weighted by atomic mass is 9.96. The van der Waals surface area contributed by atoms with Crippen LogP contribution in [0, 0.1) is 0 Å². The van der Waals surface area contributed by atoms with Crippen LogP contribution in [0.25, 0.3) is 33.5 Å². The van der Waals surface area contributed by atoms with Crippen molar-refractivity contribution in [1.29, 1.82) is 0 Å². The molecule has 0 unspecified atom stereocenters. The molecule has 0 N–H and O–H groups in total. The fourth-order valence-electron chi connectivity index (χ4n) is 4.23. The van der Waals surface area contributed by atoms with Gasteiger partial charge in [-0.3, -0.25) is 0 Å². The lowest BCUT2D eigenvalue weighted by Gasteiger charge is -2.17. The normalized spacial score (nSPS) is 12.2. The Morgan fingerprint density at radius 3 is 1.40 bits per heavy atom. The molecule has 0 amide bonds. The molecule has 0 bridgehead atoms. The fourth-order valence-corrected chi connectivity index (χ4v) is 4.95. The maximum absolute atomic E-state index is 6.05. The number of hydrogen-bond acceptors (Lipinski definition) is 11. The van der Waals surface area contributed by atoms with Crippen molar-refractivity contribution >= 4 is 56.9 Å². The van der Waals surface area contributed by atoms with Crippen molar-refractivity contribution in [3.05, 3.63) is 41.6 Å². The van der Waals surface area contributed by atoms with Crippen LogP contribution in [0.1, 0.15) is 79.8 Å². The highest BCUT2D eigenvalue weighted by molar-refractivity contribution is 7.98. The summed E-state index contributed by atoms with van der Waals surface area (Å²) in [7, 11) is 7.36. The average molecular weight is 681 g/mol. The molecule has 6 aromatic rings. The van der Waals surface area contributed by atoms with Gasteiger partial charge in [-0.2, -0.15) is 4.98 Å².